The highest BCUT2D eigenvalue weighted by molar-refractivity contribution is 6.33. The maximum absolute atomic E-state index is 13.6. The van der Waals surface area contributed by atoms with Gasteiger partial charge in [0.25, 0.3) is 0 Å². The van der Waals surface area contributed by atoms with Crippen LogP contribution in [0.2, 0.25) is 5.15 Å². The first kappa shape index (κ1) is 16.8. The van der Waals surface area contributed by atoms with Crippen molar-refractivity contribution in [1.29, 1.82) is 0 Å². The normalized spacial score (nSPS) is 19.9. The van der Waals surface area contributed by atoms with Gasteiger partial charge in [0, 0.05) is 23.7 Å². The highest BCUT2D eigenvalue weighted by atomic mass is 35.5. The van der Waals surface area contributed by atoms with Crippen LogP contribution in [0.25, 0.3) is 0 Å². The van der Waals surface area contributed by atoms with Crippen LogP contribution in [0.5, 0.6) is 0 Å². The van der Waals surface area contributed by atoms with Crippen molar-refractivity contribution in [1.82, 2.24) is 4.98 Å². The standard InChI is InChI=1S/C17H15ClF2N2O2/c1-17(10-23-9-12-13(19)5-2-6-14(12)20)8-15(22-24-17)11-4-3-7-21-16(11)18/h2-7H,8-10H2,1H3. The molecule has 1 aliphatic heterocycles. The zero-order chi connectivity index (χ0) is 17.2. The fourth-order valence-electron chi connectivity index (χ4n) is 2.45. The highest BCUT2D eigenvalue weighted by Crippen LogP contribution is 2.29. The van der Waals surface area contributed by atoms with Crippen LogP contribution in [0.3, 0.4) is 0 Å². The molecule has 126 valence electrons. The number of hydrogen-bond acceptors (Lipinski definition) is 4. The van der Waals surface area contributed by atoms with Gasteiger partial charge < -0.3 is 9.57 Å². The van der Waals surface area contributed by atoms with Gasteiger partial charge in [0.1, 0.15) is 16.8 Å². The average Bonchev–Trinajstić information content (AvgIpc) is 2.93. The van der Waals surface area contributed by atoms with E-state index in [1.54, 1.807) is 18.3 Å². The third-order valence-corrected chi connectivity index (χ3v) is 4.00. The van der Waals surface area contributed by atoms with E-state index in [4.69, 9.17) is 21.2 Å². The van der Waals surface area contributed by atoms with Gasteiger partial charge in [-0.3, -0.25) is 0 Å². The largest absolute Gasteiger partial charge is 0.386 e. The molecule has 0 spiro atoms. The molecule has 0 N–H and O–H groups in total. The van der Waals surface area contributed by atoms with Crippen molar-refractivity contribution in [3.63, 3.8) is 0 Å². The summed E-state index contributed by atoms with van der Waals surface area (Å²) in [5.41, 5.74) is 0.533. The van der Waals surface area contributed by atoms with Gasteiger partial charge in [-0.25, -0.2) is 13.8 Å². The van der Waals surface area contributed by atoms with Crippen molar-refractivity contribution in [3.05, 3.63) is 64.4 Å². The van der Waals surface area contributed by atoms with Crippen LogP contribution >= 0.6 is 11.6 Å². The summed E-state index contributed by atoms with van der Waals surface area (Å²) >= 11 is 6.05. The van der Waals surface area contributed by atoms with E-state index in [1.165, 1.54) is 18.2 Å². The summed E-state index contributed by atoms with van der Waals surface area (Å²) < 4.78 is 32.6. The van der Waals surface area contributed by atoms with E-state index in [-0.39, 0.29) is 18.8 Å². The molecule has 2 heterocycles. The van der Waals surface area contributed by atoms with E-state index in [1.807, 2.05) is 6.92 Å². The second kappa shape index (κ2) is 6.83. The molecule has 1 aromatic heterocycles. The molecule has 1 aromatic carbocycles. The number of pyridine rings is 1. The quantitative estimate of drug-likeness (QED) is 0.760. The Kier molecular flexibility index (Phi) is 4.78. The van der Waals surface area contributed by atoms with E-state index in [2.05, 4.69) is 10.1 Å². The Hall–Kier alpha value is -2.05. The number of rotatable bonds is 5. The molecule has 7 heteroatoms. The summed E-state index contributed by atoms with van der Waals surface area (Å²) in [6.07, 6.45) is 2.05. The lowest BCUT2D eigenvalue weighted by atomic mass is 9.97. The molecule has 0 saturated carbocycles. The summed E-state index contributed by atoms with van der Waals surface area (Å²) in [4.78, 5) is 9.46. The lowest BCUT2D eigenvalue weighted by Gasteiger charge is -2.21. The maximum Gasteiger partial charge on any atom is 0.163 e. The maximum atomic E-state index is 13.6. The first-order valence-corrected chi connectivity index (χ1v) is 7.73. The van der Waals surface area contributed by atoms with Crippen LogP contribution in [0.1, 0.15) is 24.5 Å². The summed E-state index contributed by atoms with van der Waals surface area (Å²) in [7, 11) is 0. The summed E-state index contributed by atoms with van der Waals surface area (Å²) in [5, 5.41) is 4.39. The minimum atomic E-state index is -0.726. The van der Waals surface area contributed by atoms with Gasteiger partial charge in [0.05, 0.1) is 18.9 Å². The summed E-state index contributed by atoms with van der Waals surface area (Å²) in [6.45, 7) is 1.76. The molecule has 0 aliphatic carbocycles. The van der Waals surface area contributed by atoms with Crippen LogP contribution in [-0.4, -0.2) is 22.9 Å². The van der Waals surface area contributed by atoms with Gasteiger partial charge in [-0.15, -0.1) is 0 Å². The zero-order valence-corrected chi connectivity index (χ0v) is 13.7. The monoisotopic (exact) mass is 352 g/mol. The van der Waals surface area contributed by atoms with Crippen molar-refractivity contribution >= 4 is 17.3 Å². The predicted molar refractivity (Wildman–Crippen MR) is 85.9 cm³/mol. The third kappa shape index (κ3) is 3.55. The lowest BCUT2D eigenvalue weighted by Crippen LogP contribution is -2.31. The number of ether oxygens (including phenoxy) is 1. The zero-order valence-electron chi connectivity index (χ0n) is 12.9. The fourth-order valence-corrected chi connectivity index (χ4v) is 2.67. The molecular formula is C17H15ClF2N2O2. The Morgan fingerprint density at radius 3 is 2.71 bits per heavy atom. The van der Waals surface area contributed by atoms with Gasteiger partial charge in [-0.2, -0.15) is 0 Å². The van der Waals surface area contributed by atoms with Crippen LogP contribution in [0, 0.1) is 11.6 Å². The van der Waals surface area contributed by atoms with E-state index in [0.29, 0.717) is 22.8 Å². The fraction of sp³-hybridized carbons (Fsp3) is 0.294. The number of benzene rings is 1. The Bertz CT molecular complexity index is 765. The van der Waals surface area contributed by atoms with E-state index in [9.17, 15) is 8.78 Å². The Morgan fingerprint density at radius 1 is 1.25 bits per heavy atom. The molecule has 0 saturated heterocycles. The molecule has 1 atom stereocenters. The van der Waals surface area contributed by atoms with Crippen LogP contribution in [-0.2, 0) is 16.2 Å². The minimum Gasteiger partial charge on any atom is -0.386 e. The molecule has 0 bridgehead atoms. The van der Waals surface area contributed by atoms with Crippen LogP contribution < -0.4 is 0 Å². The van der Waals surface area contributed by atoms with Crippen molar-refractivity contribution in [2.45, 2.75) is 25.6 Å². The molecule has 3 rings (SSSR count). The molecule has 0 fully saturated rings. The van der Waals surface area contributed by atoms with Crippen molar-refractivity contribution < 1.29 is 18.4 Å². The lowest BCUT2D eigenvalue weighted by molar-refractivity contribution is -0.0716. The van der Waals surface area contributed by atoms with Gasteiger partial charge in [0.15, 0.2) is 5.60 Å². The molecule has 2 aromatic rings. The van der Waals surface area contributed by atoms with E-state index >= 15 is 0 Å². The molecule has 1 unspecified atom stereocenters. The molecule has 24 heavy (non-hydrogen) atoms. The Morgan fingerprint density at radius 2 is 2.00 bits per heavy atom. The van der Waals surface area contributed by atoms with Gasteiger partial charge in [0.2, 0.25) is 0 Å². The average molecular weight is 353 g/mol. The molecular weight excluding hydrogens is 338 g/mol. The first-order chi connectivity index (χ1) is 11.5. The SMILES string of the molecule is CC1(COCc2c(F)cccc2F)CC(c2cccnc2Cl)=NO1. The van der Waals surface area contributed by atoms with Gasteiger partial charge >= 0.3 is 0 Å². The topological polar surface area (TPSA) is 43.7 Å². The van der Waals surface area contributed by atoms with E-state index < -0.39 is 17.2 Å². The van der Waals surface area contributed by atoms with Crippen LogP contribution in [0.15, 0.2) is 41.7 Å². The van der Waals surface area contributed by atoms with Crippen LogP contribution in [0.4, 0.5) is 8.78 Å². The number of halogens is 3. The second-order valence-electron chi connectivity index (χ2n) is 5.79. The number of oxime groups is 1. The van der Waals surface area contributed by atoms with Crippen molar-refractivity contribution in [2.75, 3.05) is 6.61 Å². The van der Waals surface area contributed by atoms with Crippen molar-refractivity contribution in [2.24, 2.45) is 5.16 Å². The predicted octanol–water partition coefficient (Wildman–Crippen LogP) is 4.11. The van der Waals surface area contributed by atoms with Crippen molar-refractivity contribution in [3.8, 4) is 0 Å². The number of aromatic nitrogens is 1. The minimum absolute atomic E-state index is 0.101. The number of nitrogens with zero attached hydrogens (tertiary/aromatic N) is 2. The van der Waals surface area contributed by atoms with Gasteiger partial charge in [-0.1, -0.05) is 22.8 Å². The Balaban J connectivity index is 1.60. The third-order valence-electron chi connectivity index (χ3n) is 3.70. The molecule has 1 aliphatic rings. The summed E-state index contributed by atoms with van der Waals surface area (Å²) in [5.74, 6) is -1.27. The van der Waals surface area contributed by atoms with E-state index in [0.717, 1.165) is 0 Å². The summed E-state index contributed by atoms with van der Waals surface area (Å²) in [6, 6.07) is 7.27. The first-order valence-electron chi connectivity index (χ1n) is 7.35. The van der Waals surface area contributed by atoms with Gasteiger partial charge in [-0.05, 0) is 31.2 Å². The smallest absolute Gasteiger partial charge is 0.163 e. The molecule has 4 nitrogen and oxygen atoms in total. The molecule has 0 amide bonds. The highest BCUT2D eigenvalue weighted by Gasteiger charge is 2.36. The Labute approximate surface area is 143 Å². The molecule has 0 radical (unpaired) electrons. The number of hydrogen-bond donors (Lipinski definition) is 0. The second-order valence-corrected chi connectivity index (χ2v) is 6.15.